The van der Waals surface area contributed by atoms with Gasteiger partial charge >= 0.3 is 0 Å². The third-order valence-corrected chi connectivity index (χ3v) is 5.75. The maximum atomic E-state index is 12.8. The first-order valence-electron chi connectivity index (χ1n) is 10.3. The van der Waals surface area contributed by atoms with E-state index >= 15 is 0 Å². The van der Waals surface area contributed by atoms with E-state index in [1.807, 2.05) is 53.4 Å². The van der Waals surface area contributed by atoms with Gasteiger partial charge in [-0.2, -0.15) is 0 Å². The van der Waals surface area contributed by atoms with Crippen molar-refractivity contribution in [1.29, 1.82) is 0 Å². The van der Waals surface area contributed by atoms with E-state index in [4.69, 9.17) is 12.2 Å². The number of benzene rings is 1. The Labute approximate surface area is 188 Å². The van der Waals surface area contributed by atoms with Crippen LogP contribution in [0, 0.1) is 0 Å². The number of nitrogens with one attached hydrogen (secondary N) is 2. The monoisotopic (exact) mass is 433 g/mol. The summed E-state index contributed by atoms with van der Waals surface area (Å²) in [6.07, 6.45) is 5.99. The van der Waals surface area contributed by atoms with Crippen LogP contribution in [0.2, 0.25) is 0 Å². The van der Waals surface area contributed by atoms with Crippen LogP contribution in [0.3, 0.4) is 0 Å². The first kappa shape index (κ1) is 21.1. The molecule has 0 spiro atoms. The number of nitrogens with zero attached hydrogens (tertiary/aromatic N) is 3. The molecule has 0 unspecified atom stereocenters. The number of carbonyl (C=O) groups excluding carboxylic acids is 1. The summed E-state index contributed by atoms with van der Waals surface area (Å²) in [5.41, 5.74) is 2.71. The lowest BCUT2D eigenvalue weighted by Gasteiger charge is -2.27. The predicted molar refractivity (Wildman–Crippen MR) is 127 cm³/mol. The van der Waals surface area contributed by atoms with Crippen molar-refractivity contribution in [1.82, 2.24) is 19.8 Å². The molecule has 4 rings (SSSR count). The summed E-state index contributed by atoms with van der Waals surface area (Å²) >= 11 is 5.66. The molecule has 1 aromatic carbocycles. The third-order valence-electron chi connectivity index (χ3n) is 5.40. The number of pyridine rings is 1. The molecule has 3 aromatic rings. The minimum atomic E-state index is -0.146. The SMILES string of the molecule is CC(C)(C)n1ccc([C@H]2[C@H](c3ccccn3)NC(=S)N2CC(=O)Nc2ccccc2)c1. The summed E-state index contributed by atoms with van der Waals surface area (Å²) in [6.45, 7) is 6.64. The van der Waals surface area contributed by atoms with Crippen LogP contribution in [0.4, 0.5) is 5.69 Å². The Kier molecular flexibility index (Phi) is 5.78. The number of aromatic nitrogens is 2. The molecule has 2 atom stereocenters. The van der Waals surface area contributed by atoms with Gasteiger partial charge in [0.15, 0.2) is 5.11 Å². The van der Waals surface area contributed by atoms with Crippen LogP contribution in [-0.2, 0) is 10.3 Å². The lowest BCUT2D eigenvalue weighted by molar-refractivity contribution is -0.116. The molecule has 6 nitrogen and oxygen atoms in total. The van der Waals surface area contributed by atoms with Crippen LogP contribution in [0.25, 0.3) is 0 Å². The van der Waals surface area contributed by atoms with Crippen molar-refractivity contribution in [2.24, 2.45) is 0 Å². The number of hydrogen-bond acceptors (Lipinski definition) is 3. The van der Waals surface area contributed by atoms with E-state index in [1.54, 1.807) is 6.20 Å². The van der Waals surface area contributed by atoms with Gasteiger partial charge in [0.2, 0.25) is 5.91 Å². The highest BCUT2D eigenvalue weighted by atomic mass is 32.1. The minimum Gasteiger partial charge on any atom is -0.352 e. The van der Waals surface area contributed by atoms with E-state index in [9.17, 15) is 4.79 Å². The van der Waals surface area contributed by atoms with Crippen molar-refractivity contribution in [3.63, 3.8) is 0 Å². The molecule has 0 saturated carbocycles. The zero-order valence-electron chi connectivity index (χ0n) is 17.9. The fraction of sp³-hybridized carbons (Fsp3) is 0.292. The molecular weight excluding hydrogens is 406 g/mol. The summed E-state index contributed by atoms with van der Waals surface area (Å²) < 4.78 is 2.18. The lowest BCUT2D eigenvalue weighted by Crippen LogP contribution is -2.37. The van der Waals surface area contributed by atoms with Gasteiger partial charge in [-0.1, -0.05) is 24.3 Å². The van der Waals surface area contributed by atoms with E-state index in [-0.39, 0.29) is 30.1 Å². The summed E-state index contributed by atoms with van der Waals surface area (Å²) in [5.74, 6) is -0.114. The maximum Gasteiger partial charge on any atom is 0.244 e. The third kappa shape index (κ3) is 4.61. The molecule has 160 valence electrons. The van der Waals surface area contributed by atoms with Crippen molar-refractivity contribution in [3.8, 4) is 0 Å². The Bertz CT molecular complexity index is 1060. The van der Waals surface area contributed by atoms with Crippen molar-refractivity contribution >= 4 is 28.9 Å². The number of rotatable bonds is 5. The highest BCUT2D eigenvalue weighted by Gasteiger charge is 2.41. The molecule has 1 fully saturated rings. The van der Waals surface area contributed by atoms with E-state index < -0.39 is 0 Å². The number of hydrogen-bond donors (Lipinski definition) is 2. The first-order chi connectivity index (χ1) is 14.8. The predicted octanol–water partition coefficient (Wildman–Crippen LogP) is 4.25. The fourth-order valence-corrected chi connectivity index (χ4v) is 4.13. The number of para-hydroxylation sites is 1. The van der Waals surface area contributed by atoms with Gasteiger partial charge in [0.1, 0.15) is 6.54 Å². The number of anilines is 1. The van der Waals surface area contributed by atoms with Gasteiger partial charge in [-0.25, -0.2) is 0 Å². The van der Waals surface area contributed by atoms with E-state index in [1.165, 1.54) is 0 Å². The van der Waals surface area contributed by atoms with Gasteiger partial charge in [0.25, 0.3) is 0 Å². The maximum absolute atomic E-state index is 12.8. The molecule has 0 bridgehead atoms. The molecule has 1 amide bonds. The normalized spacial score (nSPS) is 18.7. The summed E-state index contributed by atoms with van der Waals surface area (Å²) in [5, 5.41) is 6.90. The number of amides is 1. The lowest BCUT2D eigenvalue weighted by atomic mass is 9.99. The van der Waals surface area contributed by atoms with E-state index in [0.29, 0.717) is 5.11 Å². The standard InChI is InChI=1S/C24H27N5OS/c1-24(2,3)28-14-12-17(15-28)22-21(19-11-7-8-13-25-19)27-23(31)29(22)16-20(30)26-18-9-5-4-6-10-18/h4-15,21-22H,16H2,1-3H3,(H,26,30)(H,27,31)/t21-,22-/m0/s1. The Morgan fingerprint density at radius 3 is 2.52 bits per heavy atom. The molecule has 0 aliphatic carbocycles. The zero-order chi connectivity index (χ0) is 22.0. The molecule has 2 aromatic heterocycles. The van der Waals surface area contributed by atoms with Crippen LogP contribution in [0.1, 0.15) is 44.1 Å². The molecule has 1 aliphatic heterocycles. The molecule has 1 aliphatic rings. The first-order valence-corrected chi connectivity index (χ1v) is 10.7. The van der Waals surface area contributed by atoms with Crippen molar-refractivity contribution in [2.75, 3.05) is 11.9 Å². The van der Waals surface area contributed by atoms with E-state index in [0.717, 1.165) is 16.9 Å². The fourth-order valence-electron chi connectivity index (χ4n) is 3.82. The smallest absolute Gasteiger partial charge is 0.244 e. The molecule has 0 radical (unpaired) electrons. The van der Waals surface area contributed by atoms with Gasteiger partial charge in [-0.3, -0.25) is 9.78 Å². The molecule has 31 heavy (non-hydrogen) atoms. The summed E-state index contributed by atoms with van der Waals surface area (Å²) in [7, 11) is 0. The second kappa shape index (κ2) is 8.51. The summed E-state index contributed by atoms with van der Waals surface area (Å²) in [4.78, 5) is 19.3. The van der Waals surface area contributed by atoms with Crippen molar-refractivity contribution < 1.29 is 4.79 Å². The number of carbonyl (C=O) groups is 1. The Morgan fingerprint density at radius 1 is 1.13 bits per heavy atom. The molecule has 3 heterocycles. The Hall–Kier alpha value is -3.19. The highest BCUT2D eigenvalue weighted by Crippen LogP contribution is 2.39. The van der Waals surface area contributed by atoms with Crippen LogP contribution >= 0.6 is 12.2 Å². The molecule has 7 heteroatoms. The van der Waals surface area contributed by atoms with Crippen molar-refractivity contribution in [2.45, 2.75) is 38.4 Å². The average molecular weight is 434 g/mol. The molecule has 2 N–H and O–H groups in total. The highest BCUT2D eigenvalue weighted by molar-refractivity contribution is 7.80. The van der Waals surface area contributed by atoms with Crippen LogP contribution in [0.5, 0.6) is 0 Å². The van der Waals surface area contributed by atoms with Crippen LogP contribution in [-0.4, -0.2) is 32.0 Å². The van der Waals surface area contributed by atoms with Gasteiger partial charge in [0.05, 0.1) is 17.8 Å². The quantitative estimate of drug-likeness (QED) is 0.589. The minimum absolute atomic E-state index is 0.0409. The van der Waals surface area contributed by atoms with Crippen LogP contribution in [0.15, 0.2) is 73.2 Å². The van der Waals surface area contributed by atoms with Gasteiger partial charge < -0.3 is 20.1 Å². The Balaban J connectivity index is 1.64. The van der Waals surface area contributed by atoms with Gasteiger partial charge in [-0.05, 0) is 68.9 Å². The van der Waals surface area contributed by atoms with E-state index in [2.05, 4.69) is 59.4 Å². The second-order valence-electron chi connectivity index (χ2n) is 8.69. The molecular formula is C24H27N5OS. The zero-order valence-corrected chi connectivity index (χ0v) is 18.8. The van der Waals surface area contributed by atoms with Gasteiger partial charge in [-0.15, -0.1) is 0 Å². The van der Waals surface area contributed by atoms with Crippen LogP contribution < -0.4 is 10.6 Å². The van der Waals surface area contributed by atoms with Gasteiger partial charge in [0, 0.05) is 29.8 Å². The number of thiocarbonyl (C=S) groups is 1. The average Bonchev–Trinajstić information content (AvgIpc) is 3.35. The van der Waals surface area contributed by atoms with Crippen molar-refractivity contribution in [3.05, 3.63) is 84.4 Å². The molecule has 1 saturated heterocycles. The largest absolute Gasteiger partial charge is 0.352 e. The topological polar surface area (TPSA) is 62.2 Å². The summed E-state index contributed by atoms with van der Waals surface area (Å²) in [6, 6.07) is 17.1. The second-order valence-corrected chi connectivity index (χ2v) is 9.08. The Morgan fingerprint density at radius 2 is 1.87 bits per heavy atom.